The number of nitrogens with one attached hydrogen (secondary N) is 1. The molecule has 13 heteroatoms. The van der Waals surface area contributed by atoms with E-state index in [2.05, 4.69) is 20.8 Å². The Kier molecular flexibility index (Phi) is 7.77. The Balaban J connectivity index is 1.35. The summed E-state index contributed by atoms with van der Waals surface area (Å²) in [6, 6.07) is 0.988. The molecule has 2 aromatic rings. The van der Waals surface area contributed by atoms with E-state index in [-0.39, 0.29) is 17.4 Å². The first-order chi connectivity index (χ1) is 17.9. The molecule has 2 saturated heterocycles. The number of methoxy groups -OCH3 is 1. The molecule has 6 atom stereocenters. The third-order valence-electron chi connectivity index (χ3n) is 7.42. The van der Waals surface area contributed by atoms with Crippen molar-refractivity contribution < 1.29 is 37.7 Å². The smallest absolute Gasteiger partial charge is 0.195 e. The van der Waals surface area contributed by atoms with E-state index in [0.717, 1.165) is 43.8 Å². The fourth-order valence-corrected chi connectivity index (χ4v) is 5.46. The minimum atomic E-state index is -1.61. The van der Waals surface area contributed by atoms with E-state index in [1.165, 1.54) is 18.0 Å². The van der Waals surface area contributed by atoms with Gasteiger partial charge in [0, 0.05) is 31.4 Å². The van der Waals surface area contributed by atoms with Crippen molar-refractivity contribution in [2.45, 2.75) is 62.2 Å². The number of hydrogen-bond acceptors (Lipinski definition) is 9. The summed E-state index contributed by atoms with van der Waals surface area (Å²) in [5.41, 5.74) is 0.695. The quantitative estimate of drug-likeness (QED) is 0.466. The molecule has 5 rings (SSSR count). The molecule has 0 unspecified atom stereocenters. The van der Waals surface area contributed by atoms with Crippen molar-refractivity contribution in [1.82, 2.24) is 20.3 Å². The number of ether oxygens (including phenoxy) is 2. The monoisotopic (exact) mass is 525 g/mol. The van der Waals surface area contributed by atoms with Crippen LogP contribution < -0.4 is 5.32 Å². The molecule has 3 N–H and O–H groups in total. The van der Waals surface area contributed by atoms with Crippen molar-refractivity contribution in [1.29, 1.82) is 0 Å². The van der Waals surface area contributed by atoms with Crippen molar-refractivity contribution >= 4 is 5.71 Å². The fraction of sp³-hybridized carbons (Fsp3) is 0.625. The van der Waals surface area contributed by atoms with Gasteiger partial charge in [0.05, 0.1) is 24.6 Å². The van der Waals surface area contributed by atoms with Crippen LogP contribution in [0.25, 0.3) is 11.3 Å². The van der Waals surface area contributed by atoms with Crippen LogP contribution in [0.2, 0.25) is 0 Å². The molecule has 202 valence electrons. The van der Waals surface area contributed by atoms with Gasteiger partial charge in [-0.3, -0.25) is 0 Å². The van der Waals surface area contributed by atoms with Gasteiger partial charge in [0.25, 0.3) is 0 Å². The van der Waals surface area contributed by atoms with Gasteiger partial charge in [-0.1, -0.05) is 10.4 Å². The van der Waals surface area contributed by atoms with Crippen molar-refractivity contribution in [2.24, 2.45) is 11.1 Å². The molecule has 0 spiro atoms. The highest BCUT2D eigenvalue weighted by Gasteiger charge is 2.48. The maximum Gasteiger partial charge on any atom is 0.195 e. The zero-order valence-electron chi connectivity index (χ0n) is 20.3. The van der Waals surface area contributed by atoms with E-state index < -0.39 is 54.5 Å². The van der Waals surface area contributed by atoms with Gasteiger partial charge in [-0.25, -0.2) is 17.9 Å². The number of rotatable bonds is 7. The SMILES string of the molecule is CO[C@@H]1[C@@H](n2cc(-c3ccc(F)c(F)c3F)nn2)[C@@H](O)[C@@H](CO)O[C@@H]1C[C@H]1CC(C2CCNCC2)=NO1. The number of aliphatic hydroxyl groups is 2. The number of oxime groups is 1. The number of nitrogens with zero attached hydrogens (tertiary/aromatic N) is 4. The summed E-state index contributed by atoms with van der Waals surface area (Å²) in [6.07, 6.45) is 0.553. The summed E-state index contributed by atoms with van der Waals surface area (Å²) >= 11 is 0. The summed E-state index contributed by atoms with van der Waals surface area (Å²) in [6.45, 7) is 1.42. The number of benzene rings is 1. The summed E-state index contributed by atoms with van der Waals surface area (Å²) in [7, 11) is 1.46. The molecule has 4 heterocycles. The Morgan fingerprint density at radius 2 is 1.95 bits per heavy atom. The van der Waals surface area contributed by atoms with Gasteiger partial charge in [-0.05, 0) is 38.1 Å². The van der Waals surface area contributed by atoms with E-state index in [0.29, 0.717) is 18.8 Å². The van der Waals surface area contributed by atoms with Crippen LogP contribution in [0, 0.1) is 23.4 Å². The Morgan fingerprint density at radius 3 is 2.68 bits per heavy atom. The highest BCUT2D eigenvalue weighted by atomic mass is 19.2. The Labute approximate surface area is 211 Å². The standard InChI is InChI=1S/C24H30F3N5O5/c1-35-24-18(9-13-8-16(30-37-13)12-4-6-28-7-5-12)36-19(11-33)23(34)22(24)32-10-17(29-31-32)14-2-3-15(25)21(27)20(14)26/h2-3,10,12-13,18-19,22-24,28,33-34H,4-9,11H2,1H3/t13-,18-,19-,22+,23+,24+/m1/s1. The lowest BCUT2D eigenvalue weighted by molar-refractivity contribution is -0.219. The lowest BCUT2D eigenvalue weighted by Gasteiger charge is -2.44. The molecule has 0 saturated carbocycles. The Morgan fingerprint density at radius 1 is 1.16 bits per heavy atom. The average molecular weight is 526 g/mol. The van der Waals surface area contributed by atoms with Gasteiger partial charge >= 0.3 is 0 Å². The molecule has 1 aromatic carbocycles. The first-order valence-electron chi connectivity index (χ1n) is 12.4. The third kappa shape index (κ3) is 5.10. The fourth-order valence-electron chi connectivity index (χ4n) is 5.46. The molecule has 3 aliphatic heterocycles. The van der Waals surface area contributed by atoms with Gasteiger partial charge < -0.3 is 29.8 Å². The van der Waals surface area contributed by atoms with Gasteiger partial charge in [0.2, 0.25) is 0 Å². The molecule has 10 nitrogen and oxygen atoms in total. The maximum absolute atomic E-state index is 14.3. The number of aromatic nitrogens is 3. The Bertz CT molecular complexity index is 1130. The van der Waals surface area contributed by atoms with Gasteiger partial charge in [0.1, 0.15) is 36.2 Å². The zero-order chi connectivity index (χ0) is 26.1. The van der Waals surface area contributed by atoms with Gasteiger partial charge in [0.15, 0.2) is 17.5 Å². The van der Waals surface area contributed by atoms with E-state index in [4.69, 9.17) is 14.3 Å². The zero-order valence-corrected chi connectivity index (χ0v) is 20.3. The molecule has 1 aromatic heterocycles. The third-order valence-corrected chi connectivity index (χ3v) is 7.42. The van der Waals surface area contributed by atoms with E-state index in [9.17, 15) is 23.4 Å². The lowest BCUT2D eigenvalue weighted by atomic mass is 9.87. The first kappa shape index (κ1) is 26.0. The van der Waals surface area contributed by atoms with Crippen LogP contribution in [0.3, 0.4) is 0 Å². The highest BCUT2D eigenvalue weighted by Crippen LogP contribution is 2.36. The van der Waals surface area contributed by atoms with Crippen LogP contribution in [0.4, 0.5) is 13.2 Å². The predicted molar refractivity (Wildman–Crippen MR) is 124 cm³/mol. The average Bonchev–Trinajstić information content (AvgIpc) is 3.58. The lowest BCUT2D eigenvalue weighted by Crippen LogP contribution is -2.57. The molecule has 0 bridgehead atoms. The first-order valence-corrected chi connectivity index (χ1v) is 12.4. The molecular weight excluding hydrogens is 495 g/mol. The second-order valence-corrected chi connectivity index (χ2v) is 9.66. The second-order valence-electron chi connectivity index (χ2n) is 9.66. The van der Waals surface area contributed by atoms with E-state index in [1.54, 1.807) is 0 Å². The largest absolute Gasteiger partial charge is 0.394 e. The molecule has 37 heavy (non-hydrogen) atoms. The van der Waals surface area contributed by atoms with Crippen molar-refractivity contribution in [3.63, 3.8) is 0 Å². The van der Waals surface area contributed by atoms with Crippen LogP contribution in [0.15, 0.2) is 23.5 Å². The minimum absolute atomic E-state index is 0.0545. The normalized spacial score (nSPS) is 30.8. The molecule has 2 fully saturated rings. The number of hydrogen-bond donors (Lipinski definition) is 3. The molecule has 0 radical (unpaired) electrons. The van der Waals surface area contributed by atoms with E-state index in [1.807, 2.05) is 0 Å². The molecule has 0 amide bonds. The summed E-state index contributed by atoms with van der Waals surface area (Å²) < 4.78 is 54.5. The van der Waals surface area contributed by atoms with Gasteiger partial charge in [-0.2, -0.15) is 0 Å². The number of halogens is 3. The summed E-state index contributed by atoms with van der Waals surface area (Å²) in [4.78, 5) is 5.71. The van der Waals surface area contributed by atoms with Crippen molar-refractivity contribution in [3.05, 3.63) is 35.8 Å². The van der Waals surface area contributed by atoms with Crippen LogP contribution in [0.5, 0.6) is 0 Å². The molecular formula is C24H30F3N5O5. The van der Waals surface area contributed by atoms with Crippen molar-refractivity contribution in [2.75, 3.05) is 26.8 Å². The number of piperidine rings is 1. The number of aliphatic hydroxyl groups excluding tert-OH is 2. The minimum Gasteiger partial charge on any atom is -0.394 e. The molecule has 3 aliphatic rings. The molecule has 0 aliphatic carbocycles. The second kappa shape index (κ2) is 11.0. The summed E-state index contributed by atoms with van der Waals surface area (Å²) in [5.74, 6) is -3.95. The summed E-state index contributed by atoms with van der Waals surface area (Å²) in [5, 5.41) is 36.5. The Hall–Kier alpha value is -2.58. The maximum atomic E-state index is 14.3. The van der Waals surface area contributed by atoms with Crippen LogP contribution >= 0.6 is 0 Å². The highest BCUT2D eigenvalue weighted by molar-refractivity contribution is 5.87. The van der Waals surface area contributed by atoms with Crippen molar-refractivity contribution in [3.8, 4) is 11.3 Å². The predicted octanol–water partition coefficient (Wildman–Crippen LogP) is 1.57. The van der Waals surface area contributed by atoms with Crippen LogP contribution in [-0.4, -0.2) is 88.2 Å². The van der Waals surface area contributed by atoms with Gasteiger partial charge in [-0.15, -0.1) is 5.10 Å². The topological polar surface area (TPSA) is 123 Å². The van der Waals surface area contributed by atoms with E-state index >= 15 is 0 Å². The van der Waals surface area contributed by atoms with Crippen LogP contribution in [-0.2, 0) is 14.3 Å². The van der Waals surface area contributed by atoms with Crippen LogP contribution in [0.1, 0.15) is 31.7 Å².